The first kappa shape index (κ1) is 15.5. The molecule has 0 heterocycles. The maximum absolute atomic E-state index is 12.3. The first-order chi connectivity index (χ1) is 9.89. The van der Waals surface area contributed by atoms with E-state index in [1.807, 2.05) is 12.1 Å². The molecule has 5 nitrogen and oxygen atoms in total. The Morgan fingerprint density at radius 1 is 1.19 bits per heavy atom. The van der Waals surface area contributed by atoms with Crippen molar-refractivity contribution in [2.24, 2.45) is 11.5 Å². The van der Waals surface area contributed by atoms with E-state index in [1.165, 1.54) is 0 Å². The Labute approximate surface area is 125 Å². The summed E-state index contributed by atoms with van der Waals surface area (Å²) < 4.78 is 0. The number of carbonyl (C=O) groups is 2. The molecule has 0 saturated heterocycles. The molecule has 1 fully saturated rings. The first-order valence-electron chi connectivity index (χ1n) is 7.31. The molecule has 0 unspecified atom stereocenters. The number of carbonyl (C=O) groups excluding carboxylic acids is 2. The molecule has 0 radical (unpaired) electrons. The van der Waals surface area contributed by atoms with Crippen LogP contribution in [0.4, 0.5) is 0 Å². The summed E-state index contributed by atoms with van der Waals surface area (Å²) in [7, 11) is 1.78. The van der Waals surface area contributed by atoms with E-state index in [-0.39, 0.29) is 11.4 Å². The minimum absolute atomic E-state index is 0.0679. The van der Waals surface area contributed by atoms with Crippen molar-refractivity contribution in [3.05, 3.63) is 35.4 Å². The molecule has 0 spiro atoms. The Kier molecular flexibility index (Phi) is 4.63. The molecule has 1 saturated carbocycles. The second-order valence-corrected chi connectivity index (χ2v) is 6.06. The summed E-state index contributed by atoms with van der Waals surface area (Å²) in [6, 6.07) is 6.99. The van der Waals surface area contributed by atoms with Crippen molar-refractivity contribution >= 4 is 11.8 Å². The smallest absolute Gasteiger partial charge is 0.248 e. The van der Waals surface area contributed by atoms with E-state index in [9.17, 15) is 9.59 Å². The normalized spacial score (nSPS) is 16.7. The second kappa shape index (κ2) is 6.26. The van der Waals surface area contributed by atoms with Gasteiger partial charge in [-0.05, 0) is 30.5 Å². The summed E-state index contributed by atoms with van der Waals surface area (Å²) in [5.41, 5.74) is 12.6. The maximum Gasteiger partial charge on any atom is 0.248 e. The number of primary amides is 1. The first-order valence-corrected chi connectivity index (χ1v) is 7.31. The highest BCUT2D eigenvalue weighted by atomic mass is 16.2. The predicted octanol–water partition coefficient (Wildman–Crippen LogP) is 1.41. The van der Waals surface area contributed by atoms with Crippen LogP contribution in [0.15, 0.2) is 24.3 Å². The highest BCUT2D eigenvalue weighted by Crippen LogP contribution is 2.30. The van der Waals surface area contributed by atoms with E-state index in [0.29, 0.717) is 18.5 Å². The number of hydrogen-bond acceptors (Lipinski definition) is 3. The molecule has 1 aliphatic rings. The average molecular weight is 289 g/mol. The lowest BCUT2D eigenvalue weighted by atomic mass is 9.94. The number of nitrogens with two attached hydrogens (primary N) is 2. The molecule has 0 atom stereocenters. The zero-order chi connectivity index (χ0) is 15.5. The van der Waals surface area contributed by atoms with Crippen molar-refractivity contribution in [2.45, 2.75) is 44.2 Å². The van der Waals surface area contributed by atoms with Gasteiger partial charge in [0.2, 0.25) is 11.8 Å². The molecular formula is C16H23N3O2. The minimum atomic E-state index is -0.447. The number of benzene rings is 1. The van der Waals surface area contributed by atoms with Gasteiger partial charge in [-0.25, -0.2) is 0 Å². The Morgan fingerprint density at radius 3 is 2.29 bits per heavy atom. The molecule has 21 heavy (non-hydrogen) atoms. The van der Waals surface area contributed by atoms with Crippen LogP contribution < -0.4 is 11.5 Å². The number of hydrogen-bond donors (Lipinski definition) is 2. The summed E-state index contributed by atoms with van der Waals surface area (Å²) in [5.74, 6) is -0.379. The van der Waals surface area contributed by atoms with Crippen LogP contribution in [0.25, 0.3) is 0 Å². The van der Waals surface area contributed by atoms with Crippen LogP contribution in [0, 0.1) is 0 Å². The molecule has 0 aromatic heterocycles. The largest absolute Gasteiger partial charge is 0.366 e. The zero-order valence-corrected chi connectivity index (χ0v) is 12.5. The Hall–Kier alpha value is -1.88. The van der Waals surface area contributed by atoms with Crippen molar-refractivity contribution in [3.8, 4) is 0 Å². The maximum atomic E-state index is 12.3. The number of rotatable bonds is 5. The lowest BCUT2D eigenvalue weighted by Crippen LogP contribution is -2.42. The fraction of sp³-hybridized carbons (Fsp3) is 0.500. The van der Waals surface area contributed by atoms with Gasteiger partial charge in [-0.3, -0.25) is 9.59 Å². The molecular weight excluding hydrogens is 266 g/mol. The summed E-state index contributed by atoms with van der Waals surface area (Å²) >= 11 is 0. The Bertz CT molecular complexity index is 519. The lowest BCUT2D eigenvalue weighted by molar-refractivity contribution is -0.131. The van der Waals surface area contributed by atoms with E-state index < -0.39 is 5.91 Å². The van der Waals surface area contributed by atoms with Crippen LogP contribution in [-0.2, 0) is 11.3 Å². The van der Waals surface area contributed by atoms with Crippen LogP contribution in [-0.4, -0.2) is 29.3 Å². The van der Waals surface area contributed by atoms with Crippen molar-refractivity contribution < 1.29 is 9.59 Å². The second-order valence-electron chi connectivity index (χ2n) is 6.06. The van der Waals surface area contributed by atoms with E-state index >= 15 is 0 Å². The summed E-state index contributed by atoms with van der Waals surface area (Å²) in [4.78, 5) is 25.0. The fourth-order valence-corrected chi connectivity index (χ4v) is 2.83. The van der Waals surface area contributed by atoms with Gasteiger partial charge in [-0.15, -0.1) is 0 Å². The van der Waals surface area contributed by atoms with Crippen molar-refractivity contribution in [3.63, 3.8) is 0 Å². The molecule has 0 aliphatic heterocycles. The third-order valence-electron chi connectivity index (χ3n) is 4.19. The molecule has 114 valence electrons. The van der Waals surface area contributed by atoms with E-state index in [2.05, 4.69) is 0 Å². The van der Waals surface area contributed by atoms with Gasteiger partial charge >= 0.3 is 0 Å². The zero-order valence-electron chi connectivity index (χ0n) is 12.5. The Morgan fingerprint density at radius 2 is 1.76 bits per heavy atom. The van der Waals surface area contributed by atoms with Crippen molar-refractivity contribution in [1.29, 1.82) is 0 Å². The minimum Gasteiger partial charge on any atom is -0.366 e. The van der Waals surface area contributed by atoms with Gasteiger partial charge in [-0.1, -0.05) is 25.0 Å². The highest BCUT2D eigenvalue weighted by Gasteiger charge is 2.32. The summed E-state index contributed by atoms with van der Waals surface area (Å²) in [6.07, 6.45) is 4.49. The molecule has 5 heteroatoms. The molecule has 4 N–H and O–H groups in total. The fourth-order valence-electron chi connectivity index (χ4n) is 2.83. The molecule has 2 amide bonds. The van der Waals surface area contributed by atoms with Crippen LogP contribution in [0.1, 0.15) is 48.0 Å². The average Bonchev–Trinajstić information content (AvgIpc) is 2.85. The van der Waals surface area contributed by atoms with Gasteiger partial charge in [0.1, 0.15) is 0 Å². The molecule has 2 rings (SSSR count). The molecule has 1 aromatic rings. The Balaban J connectivity index is 1.92. The van der Waals surface area contributed by atoms with Gasteiger partial charge in [0.05, 0.1) is 0 Å². The standard InChI is InChI=1S/C16H23N3O2/c1-19(14(20)10-16(18)8-2-3-9-16)11-12-4-6-13(7-5-12)15(17)21/h4-7H,2-3,8-11,18H2,1H3,(H2,17,21). The molecule has 0 bridgehead atoms. The quantitative estimate of drug-likeness (QED) is 0.858. The van der Waals surface area contributed by atoms with Crippen LogP contribution in [0.2, 0.25) is 0 Å². The van der Waals surface area contributed by atoms with Gasteiger partial charge in [0.25, 0.3) is 0 Å². The summed E-state index contributed by atoms with van der Waals surface area (Å²) in [5, 5.41) is 0. The predicted molar refractivity (Wildman–Crippen MR) is 81.4 cm³/mol. The third-order valence-corrected chi connectivity index (χ3v) is 4.19. The van der Waals surface area contributed by atoms with Gasteiger partial charge in [-0.2, -0.15) is 0 Å². The van der Waals surface area contributed by atoms with Crippen LogP contribution in [0.5, 0.6) is 0 Å². The van der Waals surface area contributed by atoms with Crippen molar-refractivity contribution in [2.75, 3.05) is 7.05 Å². The van der Waals surface area contributed by atoms with Crippen molar-refractivity contribution in [1.82, 2.24) is 4.90 Å². The van der Waals surface area contributed by atoms with Crippen LogP contribution in [0.3, 0.4) is 0 Å². The summed E-state index contributed by atoms with van der Waals surface area (Å²) in [6.45, 7) is 0.508. The van der Waals surface area contributed by atoms with E-state index in [1.54, 1.807) is 24.1 Å². The van der Waals surface area contributed by atoms with Gasteiger partial charge in [0, 0.05) is 31.1 Å². The molecule has 1 aromatic carbocycles. The molecule has 1 aliphatic carbocycles. The lowest BCUT2D eigenvalue weighted by Gasteiger charge is -2.26. The highest BCUT2D eigenvalue weighted by molar-refractivity contribution is 5.92. The van der Waals surface area contributed by atoms with E-state index in [4.69, 9.17) is 11.5 Å². The van der Waals surface area contributed by atoms with Crippen LogP contribution >= 0.6 is 0 Å². The van der Waals surface area contributed by atoms with Gasteiger partial charge < -0.3 is 16.4 Å². The SMILES string of the molecule is CN(Cc1ccc(C(N)=O)cc1)C(=O)CC1(N)CCCC1. The number of nitrogens with zero attached hydrogens (tertiary/aromatic N) is 1. The van der Waals surface area contributed by atoms with E-state index in [0.717, 1.165) is 31.2 Å². The monoisotopic (exact) mass is 289 g/mol. The topological polar surface area (TPSA) is 89.4 Å². The number of amides is 2. The van der Waals surface area contributed by atoms with Gasteiger partial charge in [0.15, 0.2) is 0 Å². The third kappa shape index (κ3) is 4.04.